The molecule has 21 heavy (non-hydrogen) atoms. The highest BCUT2D eigenvalue weighted by molar-refractivity contribution is 5.54. The number of hydrogen-bond donors (Lipinski definition) is 2. The zero-order valence-corrected chi connectivity index (χ0v) is 13.6. The summed E-state index contributed by atoms with van der Waals surface area (Å²) in [5.74, 6) is 0. The van der Waals surface area contributed by atoms with Crippen LogP contribution < -0.4 is 10.2 Å². The van der Waals surface area contributed by atoms with Gasteiger partial charge in [-0.25, -0.2) is 0 Å². The van der Waals surface area contributed by atoms with E-state index in [0.717, 1.165) is 24.4 Å². The van der Waals surface area contributed by atoms with E-state index in [1.807, 2.05) is 26.2 Å². The molecule has 0 saturated heterocycles. The van der Waals surface area contributed by atoms with Crippen LogP contribution in [0.4, 0.5) is 11.4 Å². The van der Waals surface area contributed by atoms with Gasteiger partial charge < -0.3 is 20.1 Å². The summed E-state index contributed by atoms with van der Waals surface area (Å²) in [5, 5.41) is 13.1. The average molecular weight is 294 g/mol. The minimum atomic E-state index is -0.468. The van der Waals surface area contributed by atoms with E-state index in [4.69, 9.17) is 4.74 Å². The highest BCUT2D eigenvalue weighted by Crippen LogP contribution is 2.15. The van der Waals surface area contributed by atoms with E-state index in [0.29, 0.717) is 13.2 Å². The molecule has 2 N–H and O–H groups in total. The number of benzene rings is 1. The molecule has 1 unspecified atom stereocenters. The maximum Gasteiger partial charge on any atom is 0.0945 e. The molecule has 1 aromatic rings. The van der Waals surface area contributed by atoms with Crippen molar-refractivity contribution in [3.8, 4) is 0 Å². The van der Waals surface area contributed by atoms with E-state index in [1.54, 1.807) is 0 Å². The molecule has 0 radical (unpaired) electrons. The molecular weight excluding hydrogens is 264 g/mol. The van der Waals surface area contributed by atoms with E-state index in [-0.39, 0.29) is 0 Å². The molecule has 0 aliphatic carbocycles. The van der Waals surface area contributed by atoms with E-state index in [1.165, 1.54) is 19.3 Å². The van der Waals surface area contributed by atoms with Gasteiger partial charge in [0.1, 0.15) is 0 Å². The standard InChI is InChI=1S/C17H30N2O2/c1-4-5-6-7-12-21-14-17(20)13-18-15-8-10-16(11-9-15)19(2)3/h8-11,17-18,20H,4-7,12-14H2,1-3H3. The first-order valence-corrected chi connectivity index (χ1v) is 7.90. The zero-order valence-electron chi connectivity index (χ0n) is 13.6. The summed E-state index contributed by atoms with van der Waals surface area (Å²) in [6.07, 6.45) is 4.32. The van der Waals surface area contributed by atoms with Crippen molar-refractivity contribution in [1.82, 2.24) is 0 Å². The van der Waals surface area contributed by atoms with Crippen LogP contribution in [-0.2, 0) is 4.74 Å². The second-order valence-electron chi connectivity index (χ2n) is 5.61. The van der Waals surface area contributed by atoms with Crippen LogP contribution in [0.1, 0.15) is 32.6 Å². The van der Waals surface area contributed by atoms with Crippen LogP contribution in [0.2, 0.25) is 0 Å². The summed E-state index contributed by atoms with van der Waals surface area (Å²) in [5.41, 5.74) is 2.18. The van der Waals surface area contributed by atoms with Crippen molar-refractivity contribution in [3.63, 3.8) is 0 Å². The quantitative estimate of drug-likeness (QED) is 0.616. The zero-order chi connectivity index (χ0) is 15.5. The maximum absolute atomic E-state index is 9.86. The third-order valence-corrected chi connectivity index (χ3v) is 3.38. The van der Waals surface area contributed by atoms with Gasteiger partial charge in [-0.1, -0.05) is 26.2 Å². The van der Waals surface area contributed by atoms with Crippen LogP contribution in [0, 0.1) is 0 Å². The molecule has 0 aliphatic heterocycles. The topological polar surface area (TPSA) is 44.7 Å². The second-order valence-corrected chi connectivity index (χ2v) is 5.61. The number of nitrogens with one attached hydrogen (secondary N) is 1. The van der Waals surface area contributed by atoms with E-state index in [9.17, 15) is 5.11 Å². The van der Waals surface area contributed by atoms with Gasteiger partial charge in [0.2, 0.25) is 0 Å². The highest BCUT2D eigenvalue weighted by Gasteiger charge is 2.04. The molecule has 1 aromatic carbocycles. The molecule has 0 aliphatic rings. The van der Waals surface area contributed by atoms with E-state index < -0.39 is 6.10 Å². The molecular formula is C17H30N2O2. The van der Waals surface area contributed by atoms with Gasteiger partial charge in [-0.05, 0) is 30.7 Å². The number of nitrogens with zero attached hydrogens (tertiary/aromatic N) is 1. The number of aliphatic hydroxyl groups is 1. The van der Waals surface area contributed by atoms with Crippen LogP contribution in [0.3, 0.4) is 0 Å². The summed E-state index contributed by atoms with van der Waals surface area (Å²) >= 11 is 0. The molecule has 0 fully saturated rings. The number of anilines is 2. The van der Waals surface area contributed by atoms with Crippen molar-refractivity contribution in [1.29, 1.82) is 0 Å². The smallest absolute Gasteiger partial charge is 0.0945 e. The van der Waals surface area contributed by atoms with Crippen LogP contribution in [-0.4, -0.2) is 45.1 Å². The molecule has 0 amide bonds. The fourth-order valence-corrected chi connectivity index (χ4v) is 2.02. The van der Waals surface area contributed by atoms with Crippen molar-refractivity contribution in [3.05, 3.63) is 24.3 Å². The Hall–Kier alpha value is -1.26. The Balaban J connectivity index is 2.13. The predicted octanol–water partition coefficient (Wildman–Crippen LogP) is 3.12. The molecule has 4 nitrogen and oxygen atoms in total. The number of aliphatic hydroxyl groups excluding tert-OH is 1. The van der Waals surface area contributed by atoms with Crippen LogP contribution in [0.5, 0.6) is 0 Å². The van der Waals surface area contributed by atoms with Gasteiger partial charge in [0.25, 0.3) is 0 Å². The van der Waals surface area contributed by atoms with Crippen LogP contribution in [0.15, 0.2) is 24.3 Å². The highest BCUT2D eigenvalue weighted by atomic mass is 16.5. The summed E-state index contributed by atoms with van der Waals surface area (Å²) in [6, 6.07) is 8.15. The number of hydrogen-bond acceptors (Lipinski definition) is 4. The van der Waals surface area contributed by atoms with Gasteiger partial charge in [0.15, 0.2) is 0 Å². The normalized spacial score (nSPS) is 12.2. The molecule has 0 bridgehead atoms. The summed E-state index contributed by atoms with van der Waals surface area (Å²) in [7, 11) is 4.04. The molecule has 1 rings (SSSR count). The van der Waals surface area contributed by atoms with Gasteiger partial charge in [-0.15, -0.1) is 0 Å². The lowest BCUT2D eigenvalue weighted by molar-refractivity contribution is 0.0417. The number of rotatable bonds is 11. The molecule has 1 atom stereocenters. The van der Waals surface area contributed by atoms with Gasteiger partial charge in [0.05, 0.1) is 12.7 Å². The lowest BCUT2D eigenvalue weighted by atomic mass is 10.2. The summed E-state index contributed by atoms with van der Waals surface area (Å²) in [4.78, 5) is 2.06. The van der Waals surface area contributed by atoms with Crippen LogP contribution in [0.25, 0.3) is 0 Å². The van der Waals surface area contributed by atoms with Gasteiger partial charge >= 0.3 is 0 Å². The van der Waals surface area contributed by atoms with E-state index in [2.05, 4.69) is 29.3 Å². The summed E-state index contributed by atoms with van der Waals surface area (Å²) in [6.45, 7) is 3.85. The number of unbranched alkanes of at least 4 members (excludes halogenated alkanes) is 3. The monoisotopic (exact) mass is 294 g/mol. The largest absolute Gasteiger partial charge is 0.389 e. The first kappa shape index (κ1) is 17.8. The molecule has 0 aromatic heterocycles. The fourth-order valence-electron chi connectivity index (χ4n) is 2.02. The van der Waals surface area contributed by atoms with Crippen molar-refractivity contribution in [2.24, 2.45) is 0 Å². The Morgan fingerprint density at radius 2 is 1.86 bits per heavy atom. The van der Waals surface area contributed by atoms with Gasteiger partial charge in [0, 0.05) is 38.6 Å². The van der Waals surface area contributed by atoms with Crippen molar-refractivity contribution in [2.75, 3.05) is 44.1 Å². The molecule has 120 valence electrons. The van der Waals surface area contributed by atoms with Gasteiger partial charge in [-0.3, -0.25) is 0 Å². The van der Waals surface area contributed by atoms with Crippen LogP contribution >= 0.6 is 0 Å². The van der Waals surface area contributed by atoms with Crippen molar-refractivity contribution < 1.29 is 9.84 Å². The minimum Gasteiger partial charge on any atom is -0.389 e. The average Bonchev–Trinajstić information content (AvgIpc) is 2.49. The SMILES string of the molecule is CCCCCCOCC(O)CNc1ccc(N(C)C)cc1. The molecule has 0 spiro atoms. The predicted molar refractivity (Wildman–Crippen MR) is 90.2 cm³/mol. The summed E-state index contributed by atoms with van der Waals surface area (Å²) < 4.78 is 5.48. The third kappa shape index (κ3) is 7.93. The first-order chi connectivity index (χ1) is 10.1. The second kappa shape index (κ2) is 10.5. The van der Waals surface area contributed by atoms with E-state index >= 15 is 0 Å². The van der Waals surface area contributed by atoms with Gasteiger partial charge in [-0.2, -0.15) is 0 Å². The van der Waals surface area contributed by atoms with Crippen molar-refractivity contribution >= 4 is 11.4 Å². The Bertz CT molecular complexity index is 366. The number of ether oxygens (including phenoxy) is 1. The molecule has 4 heteroatoms. The molecule has 0 saturated carbocycles. The first-order valence-electron chi connectivity index (χ1n) is 7.90. The molecule has 0 heterocycles. The maximum atomic E-state index is 9.86. The minimum absolute atomic E-state index is 0.398. The lowest BCUT2D eigenvalue weighted by Gasteiger charge is -2.15. The fraction of sp³-hybridized carbons (Fsp3) is 0.647. The van der Waals surface area contributed by atoms with Crippen molar-refractivity contribution in [2.45, 2.75) is 38.7 Å². The third-order valence-electron chi connectivity index (χ3n) is 3.38. The Morgan fingerprint density at radius 3 is 2.48 bits per heavy atom. The Morgan fingerprint density at radius 1 is 1.14 bits per heavy atom. The lowest BCUT2D eigenvalue weighted by Crippen LogP contribution is -2.25. The Kier molecular flexibility index (Phi) is 8.87. The Labute approximate surface area is 129 Å².